The normalized spacial score (nSPS) is 16.7. The van der Waals surface area contributed by atoms with Crippen LogP contribution in [0.4, 0.5) is 4.79 Å². The average molecular weight is 274 g/mol. The average Bonchev–Trinajstić information content (AvgIpc) is 2.32. The summed E-state index contributed by atoms with van der Waals surface area (Å²) >= 11 is 0. The maximum absolute atomic E-state index is 11.7. The molecular weight excluding hydrogens is 256 g/mol. The summed E-state index contributed by atoms with van der Waals surface area (Å²) in [5, 5.41) is 10.1. The van der Waals surface area contributed by atoms with Crippen molar-refractivity contribution in [3.63, 3.8) is 0 Å². The molecule has 1 N–H and O–H groups in total. The van der Waals surface area contributed by atoms with Gasteiger partial charge in [-0.05, 0) is 38.8 Å². The van der Waals surface area contributed by atoms with E-state index in [0.717, 1.165) is 0 Å². The van der Waals surface area contributed by atoms with Gasteiger partial charge in [-0.3, -0.25) is 0 Å². The minimum absolute atomic E-state index is 0.155. The molecule has 1 aliphatic rings. The number of pyridine rings is 1. The first-order valence-corrected chi connectivity index (χ1v) is 6.42. The minimum Gasteiger partial charge on any atom is -0.444 e. The number of carbonyl (C=O) groups is 1. The Hall–Kier alpha value is -2.06. The molecule has 0 aromatic carbocycles. The molecule has 1 aromatic rings. The number of aromatic nitrogens is 1. The summed E-state index contributed by atoms with van der Waals surface area (Å²) in [4.78, 5) is 17.2. The van der Waals surface area contributed by atoms with Crippen LogP contribution in [0.15, 0.2) is 24.4 Å². The van der Waals surface area contributed by atoms with Crippen molar-refractivity contribution >= 4 is 6.09 Å². The van der Waals surface area contributed by atoms with Crippen LogP contribution in [0.3, 0.4) is 0 Å². The molecule has 2 rings (SSSR count). The molecule has 1 aromatic heterocycles. The quantitative estimate of drug-likeness (QED) is 0.727. The maximum Gasteiger partial charge on any atom is 0.410 e. The summed E-state index contributed by atoms with van der Waals surface area (Å²) in [7, 11) is 0. The van der Waals surface area contributed by atoms with Crippen molar-refractivity contribution in [2.24, 2.45) is 0 Å². The van der Waals surface area contributed by atoms with E-state index in [0.29, 0.717) is 5.69 Å². The number of nitrogens with zero attached hydrogens (tertiary/aromatic N) is 2. The predicted octanol–water partition coefficient (Wildman–Crippen LogP) is 1.41. The van der Waals surface area contributed by atoms with Gasteiger partial charge in [0.15, 0.2) is 5.60 Å². The Bertz CT molecular complexity index is 546. The Kier molecular flexibility index (Phi) is 3.69. The number of β-amino-alcohol motifs (C(OH)–C–C–N with tert-alkyl or cyclic N) is 1. The lowest BCUT2D eigenvalue weighted by molar-refractivity contribution is -0.0637. The molecule has 1 aliphatic heterocycles. The second kappa shape index (κ2) is 5.14. The lowest BCUT2D eigenvalue weighted by Gasteiger charge is -2.43. The zero-order valence-corrected chi connectivity index (χ0v) is 11.9. The van der Waals surface area contributed by atoms with Crippen molar-refractivity contribution in [1.29, 1.82) is 0 Å². The summed E-state index contributed by atoms with van der Waals surface area (Å²) in [6.45, 7) is 5.72. The highest BCUT2D eigenvalue weighted by atomic mass is 16.6. The van der Waals surface area contributed by atoms with Crippen LogP contribution in [0.5, 0.6) is 0 Å². The summed E-state index contributed by atoms with van der Waals surface area (Å²) in [5.41, 5.74) is -1.12. The summed E-state index contributed by atoms with van der Waals surface area (Å²) < 4.78 is 5.21. The Morgan fingerprint density at radius 3 is 2.70 bits per heavy atom. The van der Waals surface area contributed by atoms with Gasteiger partial charge in [0.05, 0.1) is 13.1 Å². The van der Waals surface area contributed by atoms with E-state index in [2.05, 4.69) is 16.8 Å². The van der Waals surface area contributed by atoms with Gasteiger partial charge >= 0.3 is 6.09 Å². The van der Waals surface area contributed by atoms with Crippen LogP contribution >= 0.6 is 0 Å². The molecule has 20 heavy (non-hydrogen) atoms. The highest BCUT2D eigenvalue weighted by Crippen LogP contribution is 2.22. The highest BCUT2D eigenvalue weighted by molar-refractivity contribution is 5.70. The third kappa shape index (κ3) is 3.72. The maximum atomic E-state index is 11.7. The van der Waals surface area contributed by atoms with E-state index < -0.39 is 17.3 Å². The number of hydrogen-bond acceptors (Lipinski definition) is 4. The number of rotatable bonds is 0. The molecule has 5 nitrogen and oxygen atoms in total. The fourth-order valence-electron chi connectivity index (χ4n) is 1.74. The third-order valence-electron chi connectivity index (χ3n) is 2.64. The van der Waals surface area contributed by atoms with E-state index >= 15 is 0 Å². The molecule has 0 spiro atoms. The molecule has 0 atom stereocenters. The molecule has 0 saturated carbocycles. The van der Waals surface area contributed by atoms with Crippen molar-refractivity contribution < 1.29 is 14.6 Å². The van der Waals surface area contributed by atoms with Crippen molar-refractivity contribution in [2.45, 2.75) is 32.0 Å². The number of hydrogen-bond donors (Lipinski definition) is 1. The lowest BCUT2D eigenvalue weighted by atomic mass is 9.95. The van der Waals surface area contributed by atoms with Gasteiger partial charge in [0.25, 0.3) is 0 Å². The molecular formula is C15H18N2O3. The van der Waals surface area contributed by atoms with Crippen LogP contribution in [-0.2, 0) is 4.74 Å². The van der Waals surface area contributed by atoms with Gasteiger partial charge in [0.1, 0.15) is 11.3 Å². The largest absolute Gasteiger partial charge is 0.444 e. The number of ether oxygens (including phenoxy) is 1. The SMILES string of the molecule is CC(C)(C)OC(=O)N1CC(O)(C#Cc2ccccn2)C1. The summed E-state index contributed by atoms with van der Waals surface area (Å²) in [6, 6.07) is 5.39. The van der Waals surface area contributed by atoms with Crippen LogP contribution in [0, 0.1) is 11.8 Å². The first kappa shape index (κ1) is 14.4. The van der Waals surface area contributed by atoms with Crippen LogP contribution in [0.25, 0.3) is 0 Å². The Balaban J connectivity index is 1.92. The number of likely N-dealkylation sites (tertiary alicyclic amines) is 1. The molecule has 106 valence electrons. The van der Waals surface area contributed by atoms with Gasteiger partial charge in [0.2, 0.25) is 0 Å². The van der Waals surface area contributed by atoms with Gasteiger partial charge in [-0.2, -0.15) is 0 Å². The van der Waals surface area contributed by atoms with Gasteiger partial charge in [-0.25, -0.2) is 9.78 Å². The summed E-state index contributed by atoms with van der Waals surface area (Å²) in [6.07, 6.45) is 1.21. The van der Waals surface area contributed by atoms with Crippen molar-refractivity contribution in [1.82, 2.24) is 9.88 Å². The first-order valence-electron chi connectivity index (χ1n) is 6.42. The topological polar surface area (TPSA) is 62.7 Å². The number of aliphatic hydroxyl groups is 1. The summed E-state index contributed by atoms with van der Waals surface area (Å²) in [5.74, 6) is 5.56. The van der Waals surface area contributed by atoms with Crippen molar-refractivity contribution in [3.05, 3.63) is 30.1 Å². The molecule has 2 heterocycles. The van der Waals surface area contributed by atoms with Crippen LogP contribution in [0.2, 0.25) is 0 Å². The van der Waals surface area contributed by atoms with Crippen LogP contribution in [0.1, 0.15) is 26.5 Å². The smallest absolute Gasteiger partial charge is 0.410 e. The minimum atomic E-state index is -1.17. The number of carbonyl (C=O) groups excluding carboxylic acids is 1. The Morgan fingerprint density at radius 2 is 2.15 bits per heavy atom. The standard InChI is InChI=1S/C15H18N2O3/c1-14(2,3)20-13(18)17-10-15(19,11-17)8-7-12-6-4-5-9-16-12/h4-6,9,19H,10-11H2,1-3H3. The van der Waals surface area contributed by atoms with Crippen LogP contribution in [-0.4, -0.2) is 45.4 Å². The van der Waals surface area contributed by atoms with E-state index in [1.807, 2.05) is 6.07 Å². The fraction of sp³-hybridized carbons (Fsp3) is 0.467. The van der Waals surface area contributed by atoms with E-state index in [1.54, 1.807) is 39.1 Å². The van der Waals surface area contributed by atoms with Crippen LogP contribution < -0.4 is 0 Å². The van der Waals surface area contributed by atoms with E-state index in [4.69, 9.17) is 4.74 Å². The van der Waals surface area contributed by atoms with E-state index in [-0.39, 0.29) is 13.1 Å². The van der Waals surface area contributed by atoms with Gasteiger partial charge in [0, 0.05) is 6.20 Å². The zero-order valence-electron chi connectivity index (χ0n) is 11.9. The van der Waals surface area contributed by atoms with Gasteiger partial charge in [-0.15, -0.1) is 0 Å². The predicted molar refractivity (Wildman–Crippen MR) is 73.9 cm³/mol. The van der Waals surface area contributed by atoms with Gasteiger partial charge in [-0.1, -0.05) is 12.0 Å². The molecule has 0 bridgehead atoms. The van der Waals surface area contributed by atoms with E-state index in [9.17, 15) is 9.90 Å². The zero-order chi connectivity index (χ0) is 14.8. The van der Waals surface area contributed by atoms with Crippen molar-refractivity contribution in [3.8, 4) is 11.8 Å². The molecule has 1 saturated heterocycles. The highest BCUT2D eigenvalue weighted by Gasteiger charge is 2.44. The molecule has 0 unspecified atom stereocenters. The van der Waals surface area contributed by atoms with Gasteiger partial charge < -0.3 is 14.7 Å². The lowest BCUT2D eigenvalue weighted by Crippen LogP contribution is -2.63. The van der Waals surface area contributed by atoms with Crippen molar-refractivity contribution in [2.75, 3.05) is 13.1 Å². The molecule has 0 aliphatic carbocycles. The molecule has 1 fully saturated rings. The fourth-order valence-corrected chi connectivity index (χ4v) is 1.74. The number of amides is 1. The van der Waals surface area contributed by atoms with E-state index in [1.165, 1.54) is 4.90 Å². The first-order chi connectivity index (χ1) is 9.27. The second-order valence-electron chi connectivity index (χ2n) is 5.83. The molecule has 0 radical (unpaired) electrons. The Labute approximate surface area is 118 Å². The third-order valence-corrected chi connectivity index (χ3v) is 2.64. The monoisotopic (exact) mass is 274 g/mol. The Morgan fingerprint density at radius 1 is 1.45 bits per heavy atom. The molecule has 1 amide bonds. The molecule has 5 heteroatoms. The second-order valence-corrected chi connectivity index (χ2v) is 5.83.